The Hall–Kier alpha value is -7.02. The van der Waals surface area contributed by atoms with Crippen molar-refractivity contribution in [2.24, 2.45) is 0 Å². The van der Waals surface area contributed by atoms with Crippen molar-refractivity contribution in [1.29, 1.82) is 0 Å². The molecule has 0 atom stereocenters. The van der Waals surface area contributed by atoms with Crippen LogP contribution in [-0.4, -0.2) is 51.3 Å². The second-order valence-electron chi connectivity index (χ2n) is 15.1. The fraction of sp³-hybridized carbons (Fsp3) is 0.275. The molecule has 0 aliphatic rings. The van der Waals surface area contributed by atoms with Crippen LogP contribution in [0.3, 0.4) is 0 Å². The van der Waals surface area contributed by atoms with E-state index in [2.05, 4.69) is 50.9 Å². The number of rotatable bonds is 12. The first-order valence-corrected chi connectivity index (χ1v) is 21.0. The molecular formula is C51H57F3N4O6. The van der Waals surface area contributed by atoms with Gasteiger partial charge in [-0.3, -0.25) is 9.36 Å². The van der Waals surface area contributed by atoms with Gasteiger partial charge in [-0.15, -0.1) is 0 Å². The van der Waals surface area contributed by atoms with Gasteiger partial charge in [0, 0.05) is 58.6 Å². The van der Waals surface area contributed by atoms with Gasteiger partial charge in [0.25, 0.3) is 0 Å². The van der Waals surface area contributed by atoms with Crippen LogP contribution >= 0.6 is 0 Å². The maximum atomic E-state index is 13.1. The maximum Gasteiger partial charge on any atom is 0.416 e. The summed E-state index contributed by atoms with van der Waals surface area (Å²) in [6, 6.07) is 28.8. The number of fused-ring (bicyclic) bond motifs is 3. The zero-order valence-electron chi connectivity index (χ0n) is 37.2. The zero-order valence-corrected chi connectivity index (χ0v) is 37.2. The second kappa shape index (κ2) is 24.0. The Bertz CT molecular complexity index is 2610. The number of carbonyl (C=O) groups is 3. The summed E-state index contributed by atoms with van der Waals surface area (Å²) in [6.45, 7) is 15.1. The van der Waals surface area contributed by atoms with E-state index in [1.165, 1.54) is 32.5 Å². The molecule has 338 valence electrons. The molecule has 13 heteroatoms. The van der Waals surface area contributed by atoms with Crippen molar-refractivity contribution >= 4 is 56.4 Å². The summed E-state index contributed by atoms with van der Waals surface area (Å²) in [5.74, 6) is -0.490. The third-order valence-electron chi connectivity index (χ3n) is 9.68. The number of amides is 1. The van der Waals surface area contributed by atoms with Gasteiger partial charge in [0.2, 0.25) is 0 Å². The van der Waals surface area contributed by atoms with Gasteiger partial charge in [-0.25, -0.2) is 9.59 Å². The van der Waals surface area contributed by atoms with Gasteiger partial charge in [0.15, 0.2) is 0 Å². The first-order chi connectivity index (χ1) is 30.6. The van der Waals surface area contributed by atoms with Crippen molar-refractivity contribution in [2.45, 2.75) is 79.0 Å². The monoisotopic (exact) mass is 878 g/mol. The van der Waals surface area contributed by atoms with E-state index in [-0.39, 0.29) is 23.2 Å². The topological polar surface area (TPSA) is 127 Å². The number of H-pyrrole nitrogens is 2. The number of allylic oxidation sites excluding steroid dienone is 1. The van der Waals surface area contributed by atoms with E-state index >= 15 is 0 Å². The molecule has 3 heterocycles. The average Bonchev–Trinajstić information content (AvgIpc) is 4.02. The first-order valence-electron chi connectivity index (χ1n) is 21.0. The number of aromatic amines is 2. The van der Waals surface area contributed by atoms with Crippen LogP contribution in [-0.2, 0) is 42.8 Å². The highest BCUT2D eigenvalue weighted by Crippen LogP contribution is 2.32. The summed E-state index contributed by atoms with van der Waals surface area (Å²) in [5.41, 5.74) is 4.48. The molecule has 0 fully saturated rings. The van der Waals surface area contributed by atoms with Crippen LogP contribution in [0, 0.1) is 6.92 Å². The molecule has 64 heavy (non-hydrogen) atoms. The third-order valence-corrected chi connectivity index (χ3v) is 9.68. The van der Waals surface area contributed by atoms with Crippen LogP contribution in [0.25, 0.3) is 32.7 Å². The number of ether oxygens (including phenoxy) is 3. The van der Waals surface area contributed by atoms with Crippen LogP contribution in [0.2, 0.25) is 0 Å². The van der Waals surface area contributed by atoms with Crippen LogP contribution in [0.15, 0.2) is 141 Å². The quantitative estimate of drug-likeness (QED) is 0.0637. The van der Waals surface area contributed by atoms with E-state index in [1.807, 2.05) is 101 Å². The predicted molar refractivity (Wildman–Crippen MR) is 249 cm³/mol. The van der Waals surface area contributed by atoms with E-state index < -0.39 is 17.8 Å². The van der Waals surface area contributed by atoms with Gasteiger partial charge in [0.05, 0.1) is 30.6 Å². The van der Waals surface area contributed by atoms with Crippen LogP contribution < -0.4 is 5.32 Å². The standard InChI is InChI=1S/C25H27F3N2O2.C13H15NO2.C8H7N.C5H8O2/c1-5-12-32-24(3,4)11-10-18-16-30(22-9-7-6-8-21(18)22)23(31)29-20-14-17(2)13-19(15-20)25(26,27)28;1-2-16-13(15)8-7-10-9-14-12-6-4-3-5-11(10)12;1-2-4-8-7(3-1)5-6-9-8;1-3-5(6)7-4-2/h5-9,12-16H,10-11H2,1-4H3,(H,29,31);3-6,9,14H,2,7-8H2,1H3;1-6,9H;3H,1,4H2,2H3. The second-order valence-corrected chi connectivity index (χ2v) is 15.1. The maximum absolute atomic E-state index is 13.1. The molecule has 0 aliphatic carbocycles. The number of benzene rings is 4. The molecule has 0 saturated heterocycles. The van der Waals surface area contributed by atoms with Gasteiger partial charge >= 0.3 is 24.1 Å². The number of alkyl halides is 3. The Morgan fingerprint density at radius 1 is 0.812 bits per heavy atom. The van der Waals surface area contributed by atoms with E-state index in [0.29, 0.717) is 37.1 Å². The van der Waals surface area contributed by atoms with Gasteiger partial charge in [-0.1, -0.05) is 67.3 Å². The summed E-state index contributed by atoms with van der Waals surface area (Å²) in [6.07, 6.45) is 8.36. The molecule has 4 aromatic carbocycles. The number of nitrogens with one attached hydrogen (secondary N) is 3. The molecule has 0 spiro atoms. The number of para-hydroxylation sites is 3. The molecule has 0 unspecified atom stereocenters. The lowest BCUT2D eigenvalue weighted by Crippen LogP contribution is -2.22. The molecule has 1 amide bonds. The van der Waals surface area contributed by atoms with Crippen LogP contribution in [0.4, 0.5) is 23.7 Å². The number of esters is 2. The summed E-state index contributed by atoms with van der Waals surface area (Å²) in [5, 5.41) is 5.99. The fourth-order valence-electron chi connectivity index (χ4n) is 6.57. The fourth-order valence-corrected chi connectivity index (χ4v) is 6.57. The lowest BCUT2D eigenvalue weighted by molar-refractivity contribution is -0.143. The van der Waals surface area contributed by atoms with Gasteiger partial charge in [-0.2, -0.15) is 13.2 Å². The van der Waals surface area contributed by atoms with Crippen molar-refractivity contribution in [1.82, 2.24) is 14.5 Å². The molecule has 3 N–H and O–H groups in total. The summed E-state index contributed by atoms with van der Waals surface area (Å²) < 4.78 is 56.0. The number of nitrogens with zero attached hydrogens (tertiary/aromatic N) is 1. The first kappa shape index (κ1) is 49.6. The summed E-state index contributed by atoms with van der Waals surface area (Å²) in [7, 11) is 0. The lowest BCUT2D eigenvalue weighted by atomic mass is 9.98. The van der Waals surface area contributed by atoms with Crippen LogP contribution in [0.5, 0.6) is 0 Å². The van der Waals surface area contributed by atoms with Crippen molar-refractivity contribution in [3.8, 4) is 0 Å². The minimum Gasteiger partial charge on any atom is -0.496 e. The van der Waals surface area contributed by atoms with E-state index in [9.17, 15) is 27.6 Å². The molecule has 10 nitrogen and oxygen atoms in total. The van der Waals surface area contributed by atoms with Crippen molar-refractivity contribution < 1.29 is 41.8 Å². The molecule has 0 saturated carbocycles. The number of aromatic nitrogens is 3. The van der Waals surface area contributed by atoms with E-state index in [0.717, 1.165) is 47.5 Å². The van der Waals surface area contributed by atoms with Crippen LogP contribution in [0.1, 0.15) is 69.7 Å². The number of anilines is 1. The lowest BCUT2D eigenvalue weighted by Gasteiger charge is -2.24. The Morgan fingerprint density at radius 3 is 2.14 bits per heavy atom. The number of halogens is 3. The number of carbonyl (C=O) groups excluding carboxylic acids is 3. The average molecular weight is 879 g/mol. The highest BCUT2D eigenvalue weighted by Gasteiger charge is 2.31. The third kappa shape index (κ3) is 15.1. The summed E-state index contributed by atoms with van der Waals surface area (Å²) >= 11 is 0. The van der Waals surface area contributed by atoms with Gasteiger partial charge in [0.1, 0.15) is 5.60 Å². The molecule has 0 bridgehead atoms. The molecule has 7 rings (SSSR count). The molecule has 0 aliphatic heterocycles. The predicted octanol–water partition coefficient (Wildman–Crippen LogP) is 12.9. The Kier molecular flexibility index (Phi) is 18.6. The van der Waals surface area contributed by atoms with Crippen molar-refractivity contribution in [3.63, 3.8) is 0 Å². The van der Waals surface area contributed by atoms with Gasteiger partial charge in [-0.05, 0) is 125 Å². The Morgan fingerprint density at radius 2 is 1.48 bits per heavy atom. The molecule has 0 radical (unpaired) electrons. The minimum atomic E-state index is -4.49. The highest BCUT2D eigenvalue weighted by molar-refractivity contribution is 5.99. The number of hydrogen-bond donors (Lipinski definition) is 3. The molecule has 3 aromatic heterocycles. The summed E-state index contributed by atoms with van der Waals surface area (Å²) in [4.78, 5) is 40.6. The molecular weight excluding hydrogens is 822 g/mol. The van der Waals surface area contributed by atoms with Crippen molar-refractivity contribution in [3.05, 3.63) is 163 Å². The Balaban J connectivity index is 0.000000228. The van der Waals surface area contributed by atoms with Gasteiger partial charge < -0.3 is 29.5 Å². The number of hydrogen-bond acceptors (Lipinski definition) is 6. The SMILES string of the molecule is C=CC(=O)OCC.CC=COC(C)(C)CCc1cn(C(=O)Nc2cc(C)cc(C(F)(F)F)c2)c2ccccc12.CCOC(=O)CCc1c[nH]c2ccccc12.c1ccc2[nH]ccc2c1. The minimum absolute atomic E-state index is 0.0996. The zero-order chi connectivity index (χ0) is 46.7. The van der Waals surface area contributed by atoms with Crippen molar-refractivity contribution in [2.75, 3.05) is 18.5 Å². The number of aryl methyl sites for hydroxylation is 3. The molecule has 7 aromatic rings. The smallest absolute Gasteiger partial charge is 0.416 e. The largest absolute Gasteiger partial charge is 0.496 e. The normalized spacial score (nSPS) is 11.1. The Labute approximate surface area is 372 Å². The van der Waals surface area contributed by atoms with E-state index in [1.54, 1.807) is 26.3 Å². The van der Waals surface area contributed by atoms with E-state index in [4.69, 9.17) is 9.47 Å². The highest BCUT2D eigenvalue weighted by atomic mass is 19.4.